The zero-order valence-electron chi connectivity index (χ0n) is 15.0. The molecule has 2 aromatic carbocycles. The standard InChI is InChI=1S/C21H21FN2O3/c1-26-13-16-6-9-20(27-14-15-4-7-17(22)8-5-15)19(11-16)21(25)24-18-3-2-10-23-12-18/h2,4-12,18H,3,13-14H2,1H3,(H,24,25). The highest BCUT2D eigenvalue weighted by Crippen LogP contribution is 2.22. The van der Waals surface area contributed by atoms with E-state index in [4.69, 9.17) is 9.47 Å². The molecule has 0 aromatic heterocycles. The van der Waals surface area contributed by atoms with E-state index >= 15 is 0 Å². The highest BCUT2D eigenvalue weighted by atomic mass is 19.1. The van der Waals surface area contributed by atoms with Crippen molar-refractivity contribution in [1.82, 2.24) is 5.32 Å². The second-order valence-corrected chi connectivity index (χ2v) is 6.18. The van der Waals surface area contributed by atoms with Gasteiger partial charge in [-0.05, 0) is 41.8 Å². The number of carbonyl (C=O) groups is 1. The Morgan fingerprint density at radius 2 is 1.96 bits per heavy atom. The van der Waals surface area contributed by atoms with Crippen LogP contribution in [-0.2, 0) is 18.0 Å². The average Bonchev–Trinajstić information content (AvgIpc) is 2.69. The van der Waals surface area contributed by atoms with Crippen molar-refractivity contribution in [3.63, 3.8) is 0 Å². The number of aliphatic imine (C=N–C) groups is 1. The lowest BCUT2D eigenvalue weighted by Gasteiger charge is -2.17. The van der Waals surface area contributed by atoms with Gasteiger partial charge >= 0.3 is 0 Å². The van der Waals surface area contributed by atoms with E-state index in [-0.39, 0.29) is 24.4 Å². The Balaban J connectivity index is 1.77. The van der Waals surface area contributed by atoms with Crippen LogP contribution < -0.4 is 10.1 Å². The molecule has 1 unspecified atom stereocenters. The van der Waals surface area contributed by atoms with Gasteiger partial charge in [-0.2, -0.15) is 0 Å². The minimum absolute atomic E-state index is 0.154. The number of nitrogens with one attached hydrogen (secondary N) is 1. The molecule has 0 saturated carbocycles. The van der Waals surface area contributed by atoms with Crippen molar-refractivity contribution in [2.45, 2.75) is 25.7 Å². The first-order valence-corrected chi connectivity index (χ1v) is 8.64. The van der Waals surface area contributed by atoms with Crippen molar-refractivity contribution in [3.8, 4) is 5.75 Å². The van der Waals surface area contributed by atoms with Gasteiger partial charge in [0.15, 0.2) is 0 Å². The van der Waals surface area contributed by atoms with Gasteiger partial charge in [0.05, 0.1) is 18.2 Å². The first-order valence-electron chi connectivity index (χ1n) is 8.64. The lowest BCUT2D eigenvalue weighted by Crippen LogP contribution is -2.36. The minimum Gasteiger partial charge on any atom is -0.488 e. The molecule has 6 heteroatoms. The third kappa shape index (κ3) is 5.24. The monoisotopic (exact) mass is 368 g/mol. The van der Waals surface area contributed by atoms with E-state index in [1.54, 1.807) is 43.8 Å². The quantitative estimate of drug-likeness (QED) is 0.812. The molecule has 3 rings (SSSR count). The van der Waals surface area contributed by atoms with E-state index in [1.807, 2.05) is 12.1 Å². The molecule has 27 heavy (non-hydrogen) atoms. The van der Waals surface area contributed by atoms with Crippen molar-refractivity contribution in [2.75, 3.05) is 7.11 Å². The van der Waals surface area contributed by atoms with Crippen molar-refractivity contribution in [3.05, 3.63) is 77.2 Å². The molecule has 0 saturated heterocycles. The van der Waals surface area contributed by atoms with Crippen molar-refractivity contribution < 1.29 is 18.7 Å². The normalized spacial score (nSPS) is 15.6. The predicted octanol–water partition coefficient (Wildman–Crippen LogP) is 3.64. The molecular formula is C21H21FN2O3. The van der Waals surface area contributed by atoms with Crippen LogP contribution in [0.1, 0.15) is 27.9 Å². The molecule has 1 aliphatic heterocycles. The summed E-state index contributed by atoms with van der Waals surface area (Å²) in [6.45, 7) is 0.629. The number of carbonyl (C=O) groups excluding carboxylic acids is 1. The number of hydrogen-bond donors (Lipinski definition) is 1. The fourth-order valence-electron chi connectivity index (χ4n) is 2.70. The molecule has 1 N–H and O–H groups in total. The van der Waals surface area contributed by atoms with E-state index in [2.05, 4.69) is 10.3 Å². The Morgan fingerprint density at radius 1 is 1.19 bits per heavy atom. The van der Waals surface area contributed by atoms with Crippen LogP contribution in [0.3, 0.4) is 0 Å². The Labute approximate surface area is 157 Å². The molecule has 0 bridgehead atoms. The highest BCUT2D eigenvalue weighted by molar-refractivity contribution is 5.98. The molecule has 1 amide bonds. The molecular weight excluding hydrogens is 347 g/mol. The maximum atomic E-state index is 13.0. The first-order chi connectivity index (χ1) is 13.2. The van der Waals surface area contributed by atoms with Gasteiger partial charge < -0.3 is 14.8 Å². The van der Waals surface area contributed by atoms with Gasteiger partial charge in [0.1, 0.15) is 18.2 Å². The molecule has 0 spiro atoms. The molecule has 0 radical (unpaired) electrons. The van der Waals surface area contributed by atoms with Gasteiger partial charge in [0.2, 0.25) is 0 Å². The third-order valence-electron chi connectivity index (χ3n) is 4.07. The summed E-state index contributed by atoms with van der Waals surface area (Å²) in [7, 11) is 1.60. The number of rotatable bonds is 7. The third-order valence-corrected chi connectivity index (χ3v) is 4.07. The fourth-order valence-corrected chi connectivity index (χ4v) is 2.70. The number of methoxy groups -OCH3 is 1. The molecule has 5 nitrogen and oxygen atoms in total. The molecule has 0 fully saturated rings. The number of ether oxygens (including phenoxy) is 2. The number of halogens is 1. The van der Waals surface area contributed by atoms with Crippen LogP contribution in [-0.4, -0.2) is 25.3 Å². The molecule has 1 atom stereocenters. The van der Waals surface area contributed by atoms with Gasteiger partial charge in [0, 0.05) is 19.5 Å². The second-order valence-electron chi connectivity index (χ2n) is 6.18. The molecule has 1 heterocycles. The summed E-state index contributed by atoms with van der Waals surface area (Å²) in [4.78, 5) is 16.8. The van der Waals surface area contributed by atoms with Crippen LogP contribution in [0.2, 0.25) is 0 Å². The zero-order valence-corrected chi connectivity index (χ0v) is 15.0. The van der Waals surface area contributed by atoms with Gasteiger partial charge in [-0.3, -0.25) is 9.79 Å². The summed E-state index contributed by atoms with van der Waals surface area (Å²) in [5, 5.41) is 2.94. The summed E-state index contributed by atoms with van der Waals surface area (Å²) < 4.78 is 24.0. The number of amides is 1. The predicted molar refractivity (Wildman–Crippen MR) is 101 cm³/mol. The Bertz CT molecular complexity index is 847. The van der Waals surface area contributed by atoms with Gasteiger partial charge in [-0.15, -0.1) is 0 Å². The summed E-state index contributed by atoms with van der Waals surface area (Å²) in [6, 6.07) is 11.3. The smallest absolute Gasteiger partial charge is 0.255 e. The van der Waals surface area contributed by atoms with Crippen LogP contribution >= 0.6 is 0 Å². The Hall–Kier alpha value is -2.99. The number of nitrogens with zero attached hydrogens (tertiary/aromatic N) is 1. The lowest BCUT2D eigenvalue weighted by atomic mass is 10.1. The second kappa shape index (κ2) is 9.09. The number of benzene rings is 2. The summed E-state index contributed by atoms with van der Waals surface area (Å²) >= 11 is 0. The largest absolute Gasteiger partial charge is 0.488 e. The van der Waals surface area contributed by atoms with E-state index in [9.17, 15) is 9.18 Å². The van der Waals surface area contributed by atoms with Crippen molar-refractivity contribution in [1.29, 1.82) is 0 Å². The van der Waals surface area contributed by atoms with E-state index in [1.165, 1.54) is 12.1 Å². The summed E-state index contributed by atoms with van der Waals surface area (Å²) in [5.74, 6) is -0.0836. The van der Waals surface area contributed by atoms with Crippen LogP contribution in [0.15, 0.2) is 59.7 Å². The summed E-state index contributed by atoms with van der Waals surface area (Å²) in [5.41, 5.74) is 2.11. The molecule has 1 aliphatic rings. The van der Waals surface area contributed by atoms with Crippen LogP contribution in [0.4, 0.5) is 4.39 Å². The Morgan fingerprint density at radius 3 is 2.67 bits per heavy atom. The maximum absolute atomic E-state index is 13.0. The molecule has 140 valence electrons. The minimum atomic E-state index is -0.300. The summed E-state index contributed by atoms with van der Waals surface area (Å²) in [6.07, 6.45) is 6.01. The SMILES string of the molecule is COCc1ccc(OCc2ccc(F)cc2)c(C(=O)NC2C=NC=CC2)c1. The average molecular weight is 368 g/mol. The van der Waals surface area contributed by atoms with Crippen molar-refractivity contribution >= 4 is 12.1 Å². The van der Waals surface area contributed by atoms with Gasteiger partial charge in [-0.1, -0.05) is 24.3 Å². The fraction of sp³-hybridized carbons (Fsp3) is 0.238. The van der Waals surface area contributed by atoms with E-state index < -0.39 is 0 Å². The zero-order chi connectivity index (χ0) is 19.1. The highest BCUT2D eigenvalue weighted by Gasteiger charge is 2.17. The van der Waals surface area contributed by atoms with Gasteiger partial charge in [-0.25, -0.2) is 4.39 Å². The molecule has 0 aliphatic carbocycles. The van der Waals surface area contributed by atoms with E-state index in [0.29, 0.717) is 24.3 Å². The van der Waals surface area contributed by atoms with E-state index in [0.717, 1.165) is 11.1 Å². The topological polar surface area (TPSA) is 59.9 Å². The van der Waals surface area contributed by atoms with Crippen LogP contribution in [0.5, 0.6) is 5.75 Å². The Kier molecular flexibility index (Phi) is 6.33. The first kappa shape index (κ1) is 18.8. The lowest BCUT2D eigenvalue weighted by molar-refractivity contribution is 0.0942. The van der Waals surface area contributed by atoms with Crippen LogP contribution in [0, 0.1) is 5.82 Å². The molecule has 2 aromatic rings. The van der Waals surface area contributed by atoms with Gasteiger partial charge in [0.25, 0.3) is 5.91 Å². The van der Waals surface area contributed by atoms with Crippen LogP contribution in [0.25, 0.3) is 0 Å². The maximum Gasteiger partial charge on any atom is 0.255 e. The van der Waals surface area contributed by atoms with Crippen molar-refractivity contribution in [2.24, 2.45) is 4.99 Å². The number of hydrogen-bond acceptors (Lipinski definition) is 4.